The number of nitrogens with zero attached hydrogens (tertiary/aromatic N) is 1. The van der Waals surface area contributed by atoms with E-state index in [4.69, 9.17) is 27.9 Å². The van der Waals surface area contributed by atoms with Crippen LogP contribution >= 0.6 is 23.2 Å². The number of ether oxygens (including phenoxy) is 1. The normalized spacial score (nSPS) is 24.8. The van der Waals surface area contributed by atoms with Crippen molar-refractivity contribution >= 4 is 46.7 Å². The Hall–Kier alpha value is -3.01. The van der Waals surface area contributed by atoms with Gasteiger partial charge in [-0.3, -0.25) is 19.3 Å². The van der Waals surface area contributed by atoms with Gasteiger partial charge in [0.05, 0.1) is 23.2 Å². The third-order valence-corrected chi connectivity index (χ3v) is 9.67. The molecule has 3 heterocycles. The van der Waals surface area contributed by atoms with Crippen LogP contribution in [0.1, 0.15) is 71.6 Å². The molecule has 5 rings (SSSR count). The smallest absolute Gasteiger partial charge is 0.312 e. The lowest BCUT2D eigenvalue weighted by atomic mass is 9.73. The Kier molecular flexibility index (Phi) is 10.0. The number of fused-ring (bicyclic) bond motifs is 4. The zero-order valence-corrected chi connectivity index (χ0v) is 28.9. The first kappa shape index (κ1) is 35.8. The highest BCUT2D eigenvalue weighted by Gasteiger charge is 2.74. The van der Waals surface area contributed by atoms with Crippen LogP contribution in [0.4, 0.5) is 14.5 Å². The third-order valence-electron chi connectivity index (χ3n) is 9.15. The van der Waals surface area contributed by atoms with Crippen molar-refractivity contribution in [1.82, 2.24) is 10.2 Å². The lowest BCUT2D eigenvalue weighted by Gasteiger charge is -2.36. The maximum atomic E-state index is 15.2. The van der Waals surface area contributed by atoms with E-state index in [1.165, 1.54) is 23.1 Å². The average molecular weight is 679 g/mol. The Morgan fingerprint density at radius 1 is 1.13 bits per heavy atom. The van der Waals surface area contributed by atoms with Gasteiger partial charge in [-0.1, -0.05) is 109 Å². The van der Waals surface area contributed by atoms with Crippen LogP contribution in [0.5, 0.6) is 0 Å². The van der Waals surface area contributed by atoms with E-state index in [0.717, 1.165) is 11.1 Å². The molecule has 3 aliphatic heterocycles. The Bertz CT molecular complexity index is 1540. The highest BCUT2D eigenvalue weighted by atomic mass is 35.5. The molecule has 46 heavy (non-hydrogen) atoms. The van der Waals surface area contributed by atoms with E-state index >= 15 is 8.78 Å². The largest absolute Gasteiger partial charge is 0.461 e. The lowest BCUT2D eigenvalue weighted by molar-refractivity contribution is -0.158. The van der Waals surface area contributed by atoms with Crippen molar-refractivity contribution in [3.8, 4) is 0 Å². The van der Waals surface area contributed by atoms with Crippen molar-refractivity contribution in [2.45, 2.75) is 83.2 Å². The molecule has 0 bridgehead atoms. The number of esters is 1. The van der Waals surface area contributed by atoms with Crippen molar-refractivity contribution in [3.05, 3.63) is 75.8 Å². The molecule has 7 nitrogen and oxygen atoms in total. The highest BCUT2D eigenvalue weighted by molar-refractivity contribution is 6.38. The fourth-order valence-electron chi connectivity index (χ4n) is 6.95. The van der Waals surface area contributed by atoms with Crippen molar-refractivity contribution in [2.75, 3.05) is 25.0 Å². The summed E-state index contributed by atoms with van der Waals surface area (Å²) >= 11 is 12.8. The minimum atomic E-state index is -3.22. The summed E-state index contributed by atoms with van der Waals surface area (Å²) in [6, 6.07) is 9.80. The van der Waals surface area contributed by atoms with Gasteiger partial charge in [0, 0.05) is 35.0 Å². The first-order valence-electron chi connectivity index (χ1n) is 15.6. The summed E-state index contributed by atoms with van der Waals surface area (Å²) in [6.07, 6.45) is 0.639. The summed E-state index contributed by atoms with van der Waals surface area (Å²) in [6.45, 7) is 17.0. The number of benzene rings is 2. The van der Waals surface area contributed by atoms with E-state index in [1.807, 2.05) is 45.9 Å². The minimum Gasteiger partial charge on any atom is -0.461 e. The molecule has 2 amide bonds. The molecule has 250 valence electrons. The maximum absolute atomic E-state index is 15.2. The SMILES string of the molecule is C=CCOC(=O)C1C(C(=O)NCC(C)(C)c2cccc(C(C)(C)C)c2)C2CC(F)(F)CN2C12C(=O)Nc1c(Cl)cc(Cl)cc12.CC. The molecule has 1 spiro atoms. The van der Waals surface area contributed by atoms with Gasteiger partial charge in [-0.05, 0) is 28.7 Å². The van der Waals surface area contributed by atoms with Crippen molar-refractivity contribution in [2.24, 2.45) is 11.8 Å². The molecule has 11 heteroatoms. The van der Waals surface area contributed by atoms with Gasteiger partial charge in [0.15, 0.2) is 0 Å². The number of hydrogen-bond donors (Lipinski definition) is 2. The van der Waals surface area contributed by atoms with Gasteiger partial charge in [-0.25, -0.2) is 8.78 Å². The first-order valence-corrected chi connectivity index (χ1v) is 16.3. The van der Waals surface area contributed by atoms with Crippen LogP contribution in [0, 0.1) is 11.8 Å². The minimum absolute atomic E-state index is 0.0885. The summed E-state index contributed by atoms with van der Waals surface area (Å²) in [5, 5.41) is 5.87. The standard InChI is InChI=1S/C33H37Cl2F2N3O4.C2H6/c1-7-11-44-28(42)25-24(27(41)38-16-31(5,6)19-10-8-9-18(12-19)30(2,3)4)23-15-32(36,37)17-40(23)33(25)21-13-20(34)14-22(35)26(21)39-29(33)43;1-2/h7-10,12-14,23-25H,1,11,15-17H2,2-6H3,(H,38,41)(H,39,43);1-2H3. The van der Waals surface area contributed by atoms with E-state index in [2.05, 4.69) is 44.1 Å². The van der Waals surface area contributed by atoms with Crippen LogP contribution in [0.3, 0.4) is 0 Å². The first-order chi connectivity index (χ1) is 21.4. The fourth-order valence-corrected chi connectivity index (χ4v) is 7.49. The molecule has 3 aliphatic rings. The van der Waals surface area contributed by atoms with Crippen molar-refractivity contribution in [1.29, 1.82) is 0 Å². The second kappa shape index (κ2) is 12.9. The number of rotatable bonds is 7. The van der Waals surface area contributed by atoms with Gasteiger partial charge in [-0.2, -0.15) is 0 Å². The topological polar surface area (TPSA) is 87.7 Å². The molecule has 2 aromatic rings. The molecule has 2 N–H and O–H groups in total. The van der Waals surface area contributed by atoms with Crippen molar-refractivity contribution < 1.29 is 27.9 Å². The van der Waals surface area contributed by atoms with Crippen LogP contribution in [0.15, 0.2) is 49.1 Å². The number of halogens is 4. The van der Waals surface area contributed by atoms with Gasteiger partial charge in [0.1, 0.15) is 18.1 Å². The van der Waals surface area contributed by atoms with Gasteiger partial charge < -0.3 is 15.4 Å². The molecule has 2 fully saturated rings. The van der Waals surface area contributed by atoms with E-state index in [9.17, 15) is 14.4 Å². The zero-order chi connectivity index (χ0) is 34.4. The second-order valence-electron chi connectivity index (χ2n) is 13.6. The number of carbonyl (C=O) groups is 3. The number of amides is 2. The predicted molar refractivity (Wildman–Crippen MR) is 177 cm³/mol. The van der Waals surface area contributed by atoms with Gasteiger partial charge in [-0.15, -0.1) is 0 Å². The summed E-state index contributed by atoms with van der Waals surface area (Å²) in [5.74, 6) is -8.26. The molecule has 0 aromatic heterocycles. The molecule has 4 atom stereocenters. The van der Waals surface area contributed by atoms with Crippen LogP contribution in [-0.4, -0.2) is 54.3 Å². The number of alkyl halides is 2. The zero-order valence-electron chi connectivity index (χ0n) is 27.4. The van der Waals surface area contributed by atoms with Crippen LogP contribution < -0.4 is 10.6 Å². The summed E-state index contributed by atoms with van der Waals surface area (Å²) in [4.78, 5) is 43.3. The number of carbonyl (C=O) groups excluding carboxylic acids is 3. The predicted octanol–water partition coefficient (Wildman–Crippen LogP) is 7.24. The quantitative estimate of drug-likeness (QED) is 0.238. The summed E-state index contributed by atoms with van der Waals surface area (Å²) < 4.78 is 35.8. The molecule has 0 radical (unpaired) electrons. The van der Waals surface area contributed by atoms with Crippen LogP contribution in [0.25, 0.3) is 0 Å². The van der Waals surface area contributed by atoms with E-state index in [1.54, 1.807) is 0 Å². The molecule has 0 aliphatic carbocycles. The third kappa shape index (κ3) is 6.18. The number of anilines is 1. The van der Waals surface area contributed by atoms with E-state index in [0.29, 0.717) is 0 Å². The lowest BCUT2D eigenvalue weighted by Crippen LogP contribution is -2.55. The molecular formula is C35H43Cl2F2N3O4. The van der Waals surface area contributed by atoms with E-state index in [-0.39, 0.29) is 39.9 Å². The fraction of sp³-hybridized carbons (Fsp3) is 0.514. The summed E-state index contributed by atoms with van der Waals surface area (Å²) in [7, 11) is 0. The van der Waals surface area contributed by atoms with E-state index < -0.39 is 65.5 Å². The van der Waals surface area contributed by atoms with Gasteiger partial charge >= 0.3 is 5.97 Å². The molecule has 2 aromatic carbocycles. The number of nitrogens with one attached hydrogen (secondary N) is 2. The van der Waals surface area contributed by atoms with Gasteiger partial charge in [0.2, 0.25) is 5.91 Å². The molecule has 4 unspecified atom stereocenters. The maximum Gasteiger partial charge on any atom is 0.312 e. The van der Waals surface area contributed by atoms with Crippen LogP contribution in [0.2, 0.25) is 10.0 Å². The average Bonchev–Trinajstić information content (AvgIpc) is 3.56. The molecule has 0 saturated carbocycles. The monoisotopic (exact) mass is 677 g/mol. The molecular weight excluding hydrogens is 635 g/mol. The molecule has 2 saturated heterocycles. The Morgan fingerprint density at radius 2 is 1.78 bits per heavy atom. The Morgan fingerprint density at radius 3 is 2.41 bits per heavy atom. The van der Waals surface area contributed by atoms with Gasteiger partial charge in [0.25, 0.3) is 11.8 Å². The number of hydrogen-bond acceptors (Lipinski definition) is 5. The Balaban J connectivity index is 0.00000235. The van der Waals surface area contributed by atoms with Crippen LogP contribution in [-0.2, 0) is 35.5 Å². The second-order valence-corrected chi connectivity index (χ2v) is 14.5. The highest BCUT2D eigenvalue weighted by Crippen LogP contribution is 2.61. The summed E-state index contributed by atoms with van der Waals surface area (Å²) in [5.41, 5.74) is -0.195. The van der Waals surface area contributed by atoms with Crippen molar-refractivity contribution in [3.63, 3.8) is 0 Å². The Labute approximate surface area is 280 Å².